The molecule has 0 bridgehead atoms. The second-order valence-electron chi connectivity index (χ2n) is 10.4. The average Bonchev–Trinajstić information content (AvgIpc) is 3.80. The molecule has 2 aliphatic rings. The van der Waals surface area contributed by atoms with Crippen LogP contribution >= 0.6 is 0 Å². The summed E-state index contributed by atoms with van der Waals surface area (Å²) >= 11 is 0. The number of carbonyl (C=O) groups is 1. The summed E-state index contributed by atoms with van der Waals surface area (Å²) in [6.45, 7) is 2.43. The first-order chi connectivity index (χ1) is 18.6. The van der Waals surface area contributed by atoms with Crippen molar-refractivity contribution in [2.75, 3.05) is 31.7 Å². The first-order valence-corrected chi connectivity index (χ1v) is 13.4. The molecule has 1 unspecified atom stereocenters. The van der Waals surface area contributed by atoms with E-state index < -0.39 is 5.97 Å². The fourth-order valence-electron chi connectivity index (χ4n) is 5.58. The molecule has 1 aliphatic heterocycles. The number of anilines is 1. The van der Waals surface area contributed by atoms with E-state index in [1.165, 1.54) is 0 Å². The van der Waals surface area contributed by atoms with E-state index in [1.807, 2.05) is 60.7 Å². The van der Waals surface area contributed by atoms with Gasteiger partial charge in [0.2, 0.25) is 0 Å². The highest BCUT2D eigenvalue weighted by molar-refractivity contribution is 5.83. The lowest BCUT2D eigenvalue weighted by Gasteiger charge is -2.35. The fourth-order valence-corrected chi connectivity index (χ4v) is 5.58. The Labute approximate surface area is 224 Å². The number of carboxylic acid groups (broad SMARTS) is 1. The number of hydrogen-bond donors (Lipinski definition) is 1. The molecule has 1 aliphatic carbocycles. The monoisotopic (exact) mass is 510 g/mol. The van der Waals surface area contributed by atoms with Crippen LogP contribution in [0.3, 0.4) is 0 Å². The van der Waals surface area contributed by atoms with Crippen molar-refractivity contribution < 1.29 is 19.4 Å². The number of hydrogen-bond acceptors (Lipinski definition) is 5. The molecule has 1 heterocycles. The van der Waals surface area contributed by atoms with Crippen molar-refractivity contribution in [3.05, 3.63) is 77.9 Å². The van der Waals surface area contributed by atoms with Crippen LogP contribution in [0, 0.1) is 23.2 Å². The molecule has 1 N–H and O–H groups in total. The molecule has 196 valence electrons. The standard InChI is InChI=1S/C32H34N2O4/c1-37-26-11-12-29(28-8-3-2-5-25(28)20-33)31(18-26)34-15-13-22(14-16-34)21-38-27-7-4-6-24(17-27)30(19-32(35)36)23-9-10-23/h2-8,11-12,17-18,22-23,30H,9-10,13-16,19,21H2,1H3,(H,35,36). The third kappa shape index (κ3) is 5.94. The summed E-state index contributed by atoms with van der Waals surface area (Å²) in [4.78, 5) is 13.8. The van der Waals surface area contributed by atoms with E-state index in [4.69, 9.17) is 9.47 Å². The Morgan fingerprint density at radius 2 is 1.79 bits per heavy atom. The number of rotatable bonds is 10. The number of aliphatic carboxylic acids is 1. The highest BCUT2D eigenvalue weighted by Crippen LogP contribution is 2.45. The smallest absolute Gasteiger partial charge is 0.303 e. The van der Waals surface area contributed by atoms with Gasteiger partial charge in [-0.2, -0.15) is 5.26 Å². The van der Waals surface area contributed by atoms with Crippen LogP contribution < -0.4 is 14.4 Å². The summed E-state index contributed by atoms with van der Waals surface area (Å²) in [5.41, 5.74) is 4.80. The lowest BCUT2D eigenvalue weighted by Crippen LogP contribution is -2.35. The van der Waals surface area contributed by atoms with Gasteiger partial charge in [0, 0.05) is 36.0 Å². The Balaban J connectivity index is 1.24. The lowest BCUT2D eigenvalue weighted by atomic mass is 9.91. The van der Waals surface area contributed by atoms with E-state index in [2.05, 4.69) is 17.0 Å². The van der Waals surface area contributed by atoms with Gasteiger partial charge in [0.15, 0.2) is 0 Å². The second kappa shape index (κ2) is 11.6. The normalized spacial score (nSPS) is 16.5. The Bertz CT molecular complexity index is 1320. The number of nitrogens with zero attached hydrogens (tertiary/aromatic N) is 2. The maximum Gasteiger partial charge on any atom is 0.303 e. The molecule has 1 atom stereocenters. The van der Waals surface area contributed by atoms with Crippen molar-refractivity contribution in [1.82, 2.24) is 0 Å². The number of nitriles is 1. The van der Waals surface area contributed by atoms with Gasteiger partial charge in [-0.05, 0) is 79.3 Å². The van der Waals surface area contributed by atoms with Crippen LogP contribution in [0.2, 0.25) is 0 Å². The molecule has 0 spiro atoms. The number of benzene rings is 3. The number of ether oxygens (including phenoxy) is 2. The van der Waals surface area contributed by atoms with Crippen molar-refractivity contribution in [3.8, 4) is 28.7 Å². The van der Waals surface area contributed by atoms with E-state index >= 15 is 0 Å². The van der Waals surface area contributed by atoms with Gasteiger partial charge < -0.3 is 19.5 Å². The van der Waals surface area contributed by atoms with Crippen LogP contribution in [-0.4, -0.2) is 37.9 Å². The molecule has 6 nitrogen and oxygen atoms in total. The van der Waals surface area contributed by atoms with Crippen molar-refractivity contribution in [2.24, 2.45) is 11.8 Å². The molecule has 0 amide bonds. The van der Waals surface area contributed by atoms with Crippen LogP contribution in [-0.2, 0) is 4.79 Å². The molecule has 38 heavy (non-hydrogen) atoms. The van der Waals surface area contributed by atoms with Crippen molar-refractivity contribution in [1.29, 1.82) is 5.26 Å². The molecule has 2 fully saturated rings. The molecule has 3 aromatic carbocycles. The van der Waals surface area contributed by atoms with E-state index in [-0.39, 0.29) is 12.3 Å². The van der Waals surface area contributed by atoms with Gasteiger partial charge >= 0.3 is 5.97 Å². The largest absolute Gasteiger partial charge is 0.497 e. The molecule has 1 saturated heterocycles. The molecular weight excluding hydrogens is 476 g/mol. The van der Waals surface area contributed by atoms with Gasteiger partial charge in [-0.3, -0.25) is 4.79 Å². The van der Waals surface area contributed by atoms with Crippen molar-refractivity contribution in [3.63, 3.8) is 0 Å². The summed E-state index contributed by atoms with van der Waals surface area (Å²) in [5.74, 6) is 1.87. The minimum atomic E-state index is -0.740. The zero-order chi connectivity index (χ0) is 26.5. The Kier molecular flexibility index (Phi) is 7.83. The second-order valence-corrected chi connectivity index (χ2v) is 10.4. The van der Waals surface area contributed by atoms with Crippen LogP contribution in [0.1, 0.15) is 49.1 Å². The zero-order valence-electron chi connectivity index (χ0n) is 21.8. The minimum absolute atomic E-state index is 0.0718. The van der Waals surface area contributed by atoms with Gasteiger partial charge in [0.05, 0.1) is 31.8 Å². The maximum atomic E-state index is 11.4. The molecule has 1 saturated carbocycles. The number of piperidine rings is 1. The predicted molar refractivity (Wildman–Crippen MR) is 148 cm³/mol. The Hall–Kier alpha value is -3.98. The molecular formula is C32H34N2O4. The number of methoxy groups -OCH3 is 1. The van der Waals surface area contributed by atoms with Gasteiger partial charge in [-0.25, -0.2) is 0 Å². The highest BCUT2D eigenvalue weighted by Gasteiger charge is 2.34. The molecule has 6 heteroatoms. The van der Waals surface area contributed by atoms with Crippen LogP contribution in [0.15, 0.2) is 66.7 Å². The lowest BCUT2D eigenvalue weighted by molar-refractivity contribution is -0.137. The van der Waals surface area contributed by atoms with Crippen LogP contribution in [0.25, 0.3) is 11.1 Å². The van der Waals surface area contributed by atoms with Crippen LogP contribution in [0.4, 0.5) is 5.69 Å². The molecule has 0 radical (unpaired) electrons. The van der Waals surface area contributed by atoms with Crippen molar-refractivity contribution in [2.45, 2.75) is 38.0 Å². The Morgan fingerprint density at radius 3 is 2.50 bits per heavy atom. The fraction of sp³-hybridized carbons (Fsp3) is 0.375. The summed E-state index contributed by atoms with van der Waals surface area (Å²) in [6.07, 6.45) is 4.40. The van der Waals surface area contributed by atoms with Gasteiger partial charge in [-0.15, -0.1) is 0 Å². The third-order valence-corrected chi connectivity index (χ3v) is 7.86. The predicted octanol–water partition coefficient (Wildman–Crippen LogP) is 6.50. The summed E-state index contributed by atoms with van der Waals surface area (Å²) in [7, 11) is 1.68. The molecule has 5 rings (SSSR count). The topological polar surface area (TPSA) is 82.8 Å². The van der Waals surface area contributed by atoms with Crippen LogP contribution in [0.5, 0.6) is 11.5 Å². The summed E-state index contributed by atoms with van der Waals surface area (Å²) in [6, 6.07) is 24.1. The van der Waals surface area contributed by atoms with Gasteiger partial charge in [0.25, 0.3) is 0 Å². The molecule has 3 aromatic rings. The summed E-state index contributed by atoms with van der Waals surface area (Å²) < 4.78 is 11.7. The first-order valence-electron chi connectivity index (χ1n) is 13.4. The maximum absolute atomic E-state index is 11.4. The SMILES string of the molecule is COc1ccc(-c2ccccc2C#N)c(N2CCC(COc3cccc(C(CC(=O)O)C4CC4)c3)CC2)c1. The van der Waals surface area contributed by atoms with E-state index in [0.29, 0.717) is 24.0 Å². The van der Waals surface area contributed by atoms with E-state index in [9.17, 15) is 15.2 Å². The first kappa shape index (κ1) is 25.7. The molecule has 0 aromatic heterocycles. The zero-order valence-corrected chi connectivity index (χ0v) is 21.8. The van der Waals surface area contributed by atoms with Crippen molar-refractivity contribution >= 4 is 11.7 Å². The van der Waals surface area contributed by atoms with Gasteiger partial charge in [0.1, 0.15) is 11.5 Å². The number of carboxylic acids is 1. The minimum Gasteiger partial charge on any atom is -0.497 e. The summed E-state index contributed by atoms with van der Waals surface area (Å²) in [5, 5.41) is 19.0. The third-order valence-electron chi connectivity index (χ3n) is 7.86. The van der Waals surface area contributed by atoms with E-state index in [1.54, 1.807) is 7.11 Å². The average molecular weight is 511 g/mol. The van der Waals surface area contributed by atoms with Gasteiger partial charge in [-0.1, -0.05) is 30.3 Å². The Morgan fingerprint density at radius 1 is 1.00 bits per heavy atom. The highest BCUT2D eigenvalue weighted by atomic mass is 16.5. The van der Waals surface area contributed by atoms with E-state index in [0.717, 1.165) is 72.6 Å². The quantitative estimate of drug-likeness (QED) is 0.335.